The molecule has 1 aromatic carbocycles. The summed E-state index contributed by atoms with van der Waals surface area (Å²) in [5, 5.41) is 0. The first kappa shape index (κ1) is 14.1. The van der Waals surface area contributed by atoms with Crippen LogP contribution in [0.25, 0.3) is 0 Å². The summed E-state index contributed by atoms with van der Waals surface area (Å²) in [6, 6.07) is 2.84. The summed E-state index contributed by atoms with van der Waals surface area (Å²) in [7, 11) is 1.56. The maximum absolute atomic E-state index is 13.7. The first-order valence-electron chi connectivity index (χ1n) is 5.76. The maximum Gasteiger partial charge on any atom is 0.130 e. The predicted octanol–water partition coefficient (Wildman–Crippen LogP) is 3.17. The third-order valence-corrected chi connectivity index (χ3v) is 3.47. The predicted molar refractivity (Wildman–Crippen MR) is 63.6 cm³/mol. The second-order valence-corrected chi connectivity index (χ2v) is 4.12. The van der Waals surface area contributed by atoms with Crippen molar-refractivity contribution in [2.24, 2.45) is 5.73 Å². The molecule has 0 fully saturated rings. The topological polar surface area (TPSA) is 35.2 Å². The van der Waals surface area contributed by atoms with Crippen molar-refractivity contribution < 1.29 is 13.5 Å². The lowest BCUT2D eigenvalue weighted by molar-refractivity contribution is -0.0393. The molecule has 0 radical (unpaired) electrons. The van der Waals surface area contributed by atoms with Crippen molar-refractivity contribution in [3.8, 4) is 0 Å². The Hall–Kier alpha value is -1.00. The lowest BCUT2D eigenvalue weighted by Gasteiger charge is -2.36. The van der Waals surface area contributed by atoms with Crippen LogP contribution in [0.15, 0.2) is 18.2 Å². The molecule has 0 spiro atoms. The Labute approximate surface area is 101 Å². The van der Waals surface area contributed by atoms with Gasteiger partial charge in [0.05, 0.1) is 11.6 Å². The van der Waals surface area contributed by atoms with Crippen LogP contribution in [0, 0.1) is 11.6 Å². The van der Waals surface area contributed by atoms with E-state index in [1.807, 2.05) is 13.8 Å². The van der Waals surface area contributed by atoms with E-state index in [1.54, 1.807) is 7.11 Å². The Kier molecular flexibility index (Phi) is 4.60. The van der Waals surface area contributed by atoms with Gasteiger partial charge < -0.3 is 10.5 Å². The summed E-state index contributed by atoms with van der Waals surface area (Å²) in [5.41, 5.74) is 5.75. The zero-order valence-electron chi connectivity index (χ0n) is 10.5. The number of benzene rings is 1. The molecule has 0 bridgehead atoms. The van der Waals surface area contributed by atoms with Crippen LogP contribution in [0.5, 0.6) is 0 Å². The van der Waals surface area contributed by atoms with Crippen molar-refractivity contribution in [2.45, 2.75) is 38.3 Å². The number of ether oxygens (including phenoxy) is 1. The molecule has 2 nitrogen and oxygen atoms in total. The lowest BCUT2D eigenvalue weighted by atomic mass is 9.84. The molecule has 0 saturated heterocycles. The largest absolute Gasteiger partial charge is 0.376 e. The lowest BCUT2D eigenvalue weighted by Crippen LogP contribution is -2.42. The minimum Gasteiger partial charge on any atom is -0.376 e. The van der Waals surface area contributed by atoms with Crippen LogP contribution < -0.4 is 5.73 Å². The van der Waals surface area contributed by atoms with Gasteiger partial charge in [-0.3, -0.25) is 0 Å². The normalized spacial score (nSPS) is 13.8. The molecule has 17 heavy (non-hydrogen) atoms. The summed E-state index contributed by atoms with van der Waals surface area (Å²) in [4.78, 5) is 0. The molecular weight excluding hydrogens is 224 g/mol. The first-order valence-corrected chi connectivity index (χ1v) is 5.76. The van der Waals surface area contributed by atoms with Crippen LogP contribution in [0.4, 0.5) is 8.78 Å². The van der Waals surface area contributed by atoms with Crippen LogP contribution in [0.3, 0.4) is 0 Å². The minimum absolute atomic E-state index is 0.289. The van der Waals surface area contributed by atoms with Crippen molar-refractivity contribution in [1.82, 2.24) is 0 Å². The third-order valence-electron chi connectivity index (χ3n) is 3.47. The van der Waals surface area contributed by atoms with E-state index >= 15 is 0 Å². The van der Waals surface area contributed by atoms with Crippen LogP contribution in [0.2, 0.25) is 0 Å². The summed E-state index contributed by atoms with van der Waals surface area (Å²) >= 11 is 0. The zero-order chi connectivity index (χ0) is 13.1. The van der Waals surface area contributed by atoms with E-state index in [0.717, 1.165) is 6.07 Å². The number of rotatable bonds is 5. The van der Waals surface area contributed by atoms with Gasteiger partial charge in [0.2, 0.25) is 0 Å². The summed E-state index contributed by atoms with van der Waals surface area (Å²) in [5.74, 6) is -1.23. The average Bonchev–Trinajstić information content (AvgIpc) is 2.32. The van der Waals surface area contributed by atoms with E-state index in [4.69, 9.17) is 10.5 Å². The highest BCUT2D eigenvalue weighted by molar-refractivity contribution is 5.24. The molecule has 96 valence electrons. The van der Waals surface area contributed by atoms with Gasteiger partial charge in [-0.1, -0.05) is 19.9 Å². The van der Waals surface area contributed by atoms with E-state index in [9.17, 15) is 8.78 Å². The number of nitrogens with two attached hydrogens (primary N) is 1. The Bertz CT molecular complexity index is 369. The number of methoxy groups -OCH3 is 1. The zero-order valence-corrected chi connectivity index (χ0v) is 10.5. The first-order chi connectivity index (χ1) is 8.00. The Balaban J connectivity index is 3.13. The van der Waals surface area contributed by atoms with Crippen LogP contribution in [-0.2, 0) is 4.74 Å². The van der Waals surface area contributed by atoms with Gasteiger partial charge >= 0.3 is 0 Å². The van der Waals surface area contributed by atoms with Crippen molar-refractivity contribution in [2.75, 3.05) is 7.11 Å². The second-order valence-electron chi connectivity index (χ2n) is 4.12. The highest BCUT2D eigenvalue weighted by Gasteiger charge is 2.35. The molecule has 0 aliphatic carbocycles. The fraction of sp³-hybridized carbons (Fsp3) is 0.538. The van der Waals surface area contributed by atoms with Gasteiger partial charge in [0.1, 0.15) is 11.6 Å². The van der Waals surface area contributed by atoms with Gasteiger partial charge in [0.15, 0.2) is 0 Å². The highest BCUT2D eigenvalue weighted by atomic mass is 19.1. The molecule has 0 aliphatic heterocycles. The van der Waals surface area contributed by atoms with Gasteiger partial charge in [-0.05, 0) is 18.9 Å². The van der Waals surface area contributed by atoms with Crippen LogP contribution in [0.1, 0.15) is 38.3 Å². The van der Waals surface area contributed by atoms with Crippen molar-refractivity contribution in [3.05, 3.63) is 35.4 Å². The molecule has 0 amide bonds. The average molecular weight is 243 g/mol. The Morgan fingerprint density at radius 1 is 1.29 bits per heavy atom. The van der Waals surface area contributed by atoms with Crippen molar-refractivity contribution in [1.29, 1.82) is 0 Å². The molecule has 4 heteroatoms. The molecule has 0 aliphatic rings. The van der Waals surface area contributed by atoms with Crippen LogP contribution in [-0.4, -0.2) is 12.7 Å². The minimum atomic E-state index is -0.624. The van der Waals surface area contributed by atoms with E-state index in [0.29, 0.717) is 12.8 Å². The summed E-state index contributed by atoms with van der Waals surface area (Å²) in [6.07, 6.45) is 1.33. The number of hydrogen-bond acceptors (Lipinski definition) is 2. The van der Waals surface area contributed by atoms with Crippen molar-refractivity contribution >= 4 is 0 Å². The smallest absolute Gasteiger partial charge is 0.130 e. The van der Waals surface area contributed by atoms with Gasteiger partial charge in [0, 0.05) is 18.7 Å². The quantitative estimate of drug-likeness (QED) is 0.862. The number of hydrogen-bond donors (Lipinski definition) is 1. The molecular formula is C13H19F2NO. The molecule has 0 heterocycles. The third kappa shape index (κ3) is 2.64. The van der Waals surface area contributed by atoms with Crippen LogP contribution >= 0.6 is 0 Å². The second kappa shape index (κ2) is 5.56. The molecule has 2 N–H and O–H groups in total. The van der Waals surface area contributed by atoms with Crippen molar-refractivity contribution in [3.63, 3.8) is 0 Å². The molecule has 0 aromatic heterocycles. The maximum atomic E-state index is 13.7. The fourth-order valence-electron chi connectivity index (χ4n) is 2.14. The monoisotopic (exact) mass is 243 g/mol. The van der Waals surface area contributed by atoms with E-state index in [1.165, 1.54) is 12.1 Å². The molecule has 1 aromatic rings. The highest BCUT2D eigenvalue weighted by Crippen LogP contribution is 2.34. The van der Waals surface area contributed by atoms with E-state index in [2.05, 4.69) is 0 Å². The fourth-order valence-corrected chi connectivity index (χ4v) is 2.14. The molecule has 1 unspecified atom stereocenters. The van der Waals surface area contributed by atoms with Gasteiger partial charge in [-0.15, -0.1) is 0 Å². The number of halogens is 2. The summed E-state index contributed by atoms with van der Waals surface area (Å²) in [6.45, 7) is 3.88. The molecule has 1 rings (SSSR count). The SMILES string of the molecule is CCC(CC)(OC)C(N)c1ccc(F)cc1F. The Morgan fingerprint density at radius 2 is 1.88 bits per heavy atom. The molecule has 0 saturated carbocycles. The molecule has 1 atom stereocenters. The van der Waals surface area contributed by atoms with Gasteiger partial charge in [0.25, 0.3) is 0 Å². The van der Waals surface area contributed by atoms with E-state index < -0.39 is 23.3 Å². The Morgan fingerprint density at radius 3 is 2.29 bits per heavy atom. The van der Waals surface area contributed by atoms with Gasteiger partial charge in [-0.25, -0.2) is 8.78 Å². The van der Waals surface area contributed by atoms with E-state index in [-0.39, 0.29) is 5.56 Å². The standard InChI is InChI=1S/C13H19F2NO/c1-4-13(5-2,17-3)12(16)10-7-6-9(14)8-11(10)15/h6-8,12H,4-5,16H2,1-3H3. The van der Waals surface area contributed by atoms with Gasteiger partial charge in [-0.2, -0.15) is 0 Å². The summed E-state index contributed by atoms with van der Waals surface area (Å²) < 4.78 is 32.0.